The summed E-state index contributed by atoms with van der Waals surface area (Å²) in [7, 11) is 0. The summed E-state index contributed by atoms with van der Waals surface area (Å²) in [5.74, 6) is -1.08. The van der Waals surface area contributed by atoms with E-state index in [-0.39, 0.29) is 0 Å². The summed E-state index contributed by atoms with van der Waals surface area (Å²) < 4.78 is 0. The first kappa shape index (κ1) is 12.1. The summed E-state index contributed by atoms with van der Waals surface area (Å²) in [6, 6.07) is 21.4. The van der Waals surface area contributed by atoms with Gasteiger partial charge < -0.3 is 0 Å². The van der Waals surface area contributed by atoms with Crippen LogP contribution in [0.1, 0.15) is 6.92 Å². The lowest BCUT2D eigenvalue weighted by Crippen LogP contribution is -1.74. The number of rotatable bonds is 0. The lowest BCUT2D eigenvalue weighted by atomic mass is 10.0. The van der Waals surface area contributed by atoms with E-state index in [0.29, 0.717) is 0 Å². The first-order chi connectivity index (χ1) is 8.66. The van der Waals surface area contributed by atoms with Crippen LogP contribution >= 0.6 is 0 Å². The number of carbonyl (C=O) groups excluding carboxylic acids is 1. The molecule has 0 bridgehead atoms. The number of hydrogen-bond donors (Lipinski definition) is 0. The maximum atomic E-state index is 8.89. The second kappa shape index (κ2) is 5.32. The van der Waals surface area contributed by atoms with Crippen LogP contribution in [0.4, 0.5) is 0 Å². The first-order valence-corrected chi connectivity index (χ1v) is 5.72. The van der Waals surface area contributed by atoms with Crippen LogP contribution < -0.4 is 0 Å². The van der Waals surface area contributed by atoms with Gasteiger partial charge in [0, 0.05) is 6.92 Å². The van der Waals surface area contributed by atoms with Gasteiger partial charge in [-0.05, 0) is 33.7 Å². The summed E-state index contributed by atoms with van der Waals surface area (Å²) in [5, 5.41) is 14.1. The van der Waals surface area contributed by atoms with Crippen LogP contribution in [0.5, 0.6) is 0 Å². The van der Waals surface area contributed by atoms with Gasteiger partial charge in [-0.1, -0.05) is 48.5 Å². The van der Waals surface area contributed by atoms with Crippen molar-refractivity contribution in [2.24, 2.45) is 0 Å². The summed E-state index contributed by atoms with van der Waals surface area (Å²) in [6.45, 7) is 0.972. The molecule has 0 saturated carbocycles. The van der Waals surface area contributed by atoms with Gasteiger partial charge in [-0.2, -0.15) is 0 Å². The molecule has 0 aliphatic heterocycles. The second-order valence-electron chi connectivity index (χ2n) is 4.04. The average Bonchev–Trinajstić information content (AvgIpc) is 2.35. The fourth-order valence-corrected chi connectivity index (χ4v) is 1.88. The molecular weight excluding hydrogens is 224 g/mol. The van der Waals surface area contributed by atoms with E-state index in [1.165, 1.54) is 21.5 Å². The highest BCUT2D eigenvalue weighted by Gasteiger charge is 1.95. The minimum Gasteiger partial charge on any atom is -0.248 e. The second-order valence-corrected chi connectivity index (χ2v) is 4.04. The maximum Gasteiger partial charge on any atom is 0.352 e. The van der Waals surface area contributed by atoms with E-state index in [1.54, 1.807) is 0 Å². The third-order valence-electron chi connectivity index (χ3n) is 2.61. The predicted molar refractivity (Wildman–Crippen MR) is 72.8 cm³/mol. The van der Waals surface area contributed by atoms with Crippen molar-refractivity contribution in [3.63, 3.8) is 0 Å². The Hall–Kier alpha value is -2.35. The van der Waals surface area contributed by atoms with E-state index >= 15 is 0 Å². The smallest absolute Gasteiger partial charge is 0.248 e. The third-order valence-corrected chi connectivity index (χ3v) is 2.61. The quantitative estimate of drug-likeness (QED) is 0.545. The molecule has 2 nitrogen and oxygen atoms in total. The predicted octanol–water partition coefficient (Wildman–Crippen LogP) is 3.96. The standard InChI is InChI=1S/C14H10.C2H3O2/c1-2-6-12-10-14-8-4-3-7-13(14)9-11(12)5-1;1-2(3)4/h1-10H;1H3. The summed E-state index contributed by atoms with van der Waals surface area (Å²) in [4.78, 5) is 8.89. The van der Waals surface area contributed by atoms with Gasteiger partial charge >= 0.3 is 5.97 Å². The van der Waals surface area contributed by atoms with Crippen molar-refractivity contribution in [1.29, 1.82) is 0 Å². The Morgan fingerprint density at radius 2 is 0.944 bits per heavy atom. The topological polar surface area (TPSA) is 37.0 Å². The van der Waals surface area contributed by atoms with Crippen molar-refractivity contribution >= 4 is 27.5 Å². The zero-order valence-electron chi connectivity index (χ0n) is 10.1. The van der Waals surface area contributed by atoms with E-state index in [1.807, 2.05) is 0 Å². The fraction of sp³-hybridized carbons (Fsp3) is 0.0625. The highest BCUT2D eigenvalue weighted by Crippen LogP contribution is 2.21. The molecule has 1 radical (unpaired) electrons. The van der Waals surface area contributed by atoms with Crippen LogP contribution in [0.25, 0.3) is 21.5 Å². The number of benzene rings is 3. The van der Waals surface area contributed by atoms with Gasteiger partial charge in [0.2, 0.25) is 0 Å². The number of fused-ring (bicyclic) bond motifs is 2. The van der Waals surface area contributed by atoms with Crippen molar-refractivity contribution < 1.29 is 9.90 Å². The molecule has 0 atom stereocenters. The van der Waals surface area contributed by atoms with Gasteiger partial charge in [-0.25, -0.2) is 9.90 Å². The summed E-state index contributed by atoms with van der Waals surface area (Å²) in [5.41, 5.74) is 0. The van der Waals surface area contributed by atoms with Crippen molar-refractivity contribution in [3.8, 4) is 0 Å². The molecule has 0 aliphatic carbocycles. The molecule has 0 fully saturated rings. The van der Waals surface area contributed by atoms with Crippen molar-refractivity contribution in [3.05, 3.63) is 60.7 Å². The minimum atomic E-state index is -1.08. The van der Waals surface area contributed by atoms with Crippen molar-refractivity contribution in [2.75, 3.05) is 0 Å². The van der Waals surface area contributed by atoms with Gasteiger partial charge in [-0.15, -0.1) is 0 Å². The molecule has 89 valence electrons. The van der Waals surface area contributed by atoms with Crippen molar-refractivity contribution in [1.82, 2.24) is 0 Å². The lowest BCUT2D eigenvalue weighted by Gasteiger charge is -2.00. The molecular formula is C16H13O2. The average molecular weight is 237 g/mol. The SMILES string of the molecule is CC([O])=O.c1ccc2cc3ccccc3cc2c1. The fourth-order valence-electron chi connectivity index (χ4n) is 1.88. The molecule has 0 unspecified atom stereocenters. The Morgan fingerprint density at radius 3 is 1.17 bits per heavy atom. The Labute approximate surface area is 105 Å². The highest BCUT2D eigenvalue weighted by atomic mass is 16.4. The first-order valence-electron chi connectivity index (χ1n) is 5.72. The van der Waals surface area contributed by atoms with Crippen LogP contribution in [0.15, 0.2) is 60.7 Å². The third kappa shape index (κ3) is 2.86. The Bertz CT molecular complexity index is 578. The van der Waals surface area contributed by atoms with Crippen LogP contribution in [0, 0.1) is 0 Å². The molecule has 18 heavy (non-hydrogen) atoms. The normalized spacial score (nSPS) is 9.83. The molecule has 0 N–H and O–H groups in total. The van der Waals surface area contributed by atoms with Gasteiger partial charge in [0.15, 0.2) is 0 Å². The van der Waals surface area contributed by atoms with Gasteiger partial charge in [0.1, 0.15) is 0 Å². The van der Waals surface area contributed by atoms with Crippen molar-refractivity contribution in [2.45, 2.75) is 6.92 Å². The zero-order valence-corrected chi connectivity index (χ0v) is 10.1. The Kier molecular flexibility index (Phi) is 3.58. The number of carbonyl (C=O) groups is 1. The van der Waals surface area contributed by atoms with E-state index in [0.717, 1.165) is 6.92 Å². The van der Waals surface area contributed by atoms with E-state index in [4.69, 9.17) is 9.90 Å². The van der Waals surface area contributed by atoms with Crippen LogP contribution in [-0.2, 0) is 9.90 Å². The maximum absolute atomic E-state index is 8.89. The molecule has 0 aromatic heterocycles. The van der Waals surface area contributed by atoms with Crippen LogP contribution in [-0.4, -0.2) is 5.97 Å². The molecule has 0 saturated heterocycles. The molecule has 0 heterocycles. The molecule has 0 aliphatic rings. The zero-order chi connectivity index (χ0) is 13.0. The lowest BCUT2D eigenvalue weighted by molar-refractivity contribution is -0.140. The van der Waals surface area contributed by atoms with Gasteiger partial charge in [0.25, 0.3) is 0 Å². The highest BCUT2D eigenvalue weighted by molar-refractivity contribution is 5.98. The van der Waals surface area contributed by atoms with Gasteiger partial charge in [0.05, 0.1) is 0 Å². The Balaban J connectivity index is 0.000000267. The van der Waals surface area contributed by atoms with E-state index in [2.05, 4.69) is 60.7 Å². The monoisotopic (exact) mass is 237 g/mol. The molecule has 0 spiro atoms. The molecule has 3 rings (SSSR count). The Morgan fingerprint density at radius 1 is 0.722 bits per heavy atom. The minimum absolute atomic E-state index is 0.972. The largest absolute Gasteiger partial charge is 0.352 e. The summed E-state index contributed by atoms with van der Waals surface area (Å²) >= 11 is 0. The molecule has 3 aromatic rings. The van der Waals surface area contributed by atoms with Gasteiger partial charge in [-0.3, -0.25) is 0 Å². The number of hydrogen-bond acceptors (Lipinski definition) is 1. The van der Waals surface area contributed by atoms with E-state index in [9.17, 15) is 0 Å². The summed E-state index contributed by atoms with van der Waals surface area (Å²) in [6.07, 6.45) is 0. The van der Waals surface area contributed by atoms with E-state index < -0.39 is 5.97 Å². The molecule has 0 amide bonds. The van der Waals surface area contributed by atoms with Crippen LogP contribution in [0.2, 0.25) is 0 Å². The van der Waals surface area contributed by atoms with Crippen LogP contribution in [0.3, 0.4) is 0 Å². The molecule has 3 aromatic carbocycles. The molecule has 2 heteroatoms.